The van der Waals surface area contributed by atoms with Gasteiger partial charge in [0.15, 0.2) is 0 Å². The normalized spacial score (nSPS) is 11.9. The third-order valence-corrected chi connectivity index (χ3v) is 10.6. The van der Waals surface area contributed by atoms with Gasteiger partial charge in [-0.1, -0.05) is 49.1 Å². The Kier molecular flexibility index (Phi) is 13.4. The van der Waals surface area contributed by atoms with E-state index in [2.05, 4.69) is 30.7 Å². The maximum atomic E-state index is 13.3. The average molecular weight is 800 g/mol. The average Bonchev–Trinajstić information content (AvgIpc) is 3.16. The van der Waals surface area contributed by atoms with Gasteiger partial charge in [-0.25, -0.2) is 8.42 Å². The monoisotopic (exact) mass is 799 g/mol. The number of benzene rings is 6. The van der Waals surface area contributed by atoms with E-state index < -0.39 is 30.9 Å². The molecule has 2 N–H and O–H groups in total. The number of azo groups is 2. The maximum Gasteiger partial charge on any atom is 1.00 e. The van der Waals surface area contributed by atoms with E-state index in [0.29, 0.717) is 35.8 Å². The molecule has 0 radical (unpaired) electrons. The molecule has 0 saturated carbocycles. The van der Waals surface area contributed by atoms with Gasteiger partial charge in [0.05, 0.1) is 32.5 Å². The minimum Gasteiger partial charge on any atom is -0.872 e. The minimum atomic E-state index is -4.62. The van der Waals surface area contributed by atoms with E-state index >= 15 is 0 Å². The van der Waals surface area contributed by atoms with Crippen molar-refractivity contribution in [2.45, 2.75) is 43.5 Å². The molecule has 0 spiro atoms. The van der Waals surface area contributed by atoms with Crippen LogP contribution in [0, 0.1) is 6.92 Å². The number of fused-ring (bicyclic) bond motifs is 1. The molecule has 282 valence electrons. The van der Waals surface area contributed by atoms with Crippen LogP contribution in [0.4, 0.5) is 39.8 Å². The minimum absolute atomic E-state index is 0. The molecule has 0 atom stereocenters. The number of hydrogen-bond donors (Lipinski definition) is 2. The van der Waals surface area contributed by atoms with Crippen LogP contribution in [0.1, 0.15) is 30.5 Å². The van der Waals surface area contributed by atoms with Gasteiger partial charge >= 0.3 is 29.6 Å². The van der Waals surface area contributed by atoms with Crippen molar-refractivity contribution in [3.05, 3.63) is 132 Å². The van der Waals surface area contributed by atoms with E-state index in [0.717, 1.165) is 40.6 Å². The first kappa shape index (κ1) is 42.1. The zero-order chi connectivity index (χ0) is 39.3. The summed E-state index contributed by atoms with van der Waals surface area (Å²) in [4.78, 5) is 1.32. The Labute approximate surface area is 347 Å². The van der Waals surface area contributed by atoms with Crippen LogP contribution in [0.5, 0.6) is 5.75 Å². The van der Waals surface area contributed by atoms with Crippen LogP contribution in [-0.2, 0) is 33.2 Å². The third kappa shape index (κ3) is 10.0. The predicted molar refractivity (Wildman–Crippen MR) is 209 cm³/mol. The number of nitrogens with one attached hydrogen (secondary N) is 1. The molecule has 0 saturated heterocycles. The summed E-state index contributed by atoms with van der Waals surface area (Å²) in [7, 11) is -9.12. The molecule has 6 rings (SSSR count). The fraction of sp³-hybridized carbons (Fsp3) is 0.150. The zero-order valence-electron chi connectivity index (χ0n) is 31.0. The SMILES string of the molecule is CCc1cccc(C)c1Nc1ccc2cc(S(=O)(=O)O)cc([O-])c2c1N=Nc1ccc(N=Nc2ccc(N(CC)Cc3ccc(S(=O)(=O)[O-])cc3)cc2)cc1.[Na+]. The Balaban J connectivity index is 0.00000600. The number of para-hydroxylation sites is 1. The summed E-state index contributed by atoms with van der Waals surface area (Å²) in [5.74, 6) is -0.638. The van der Waals surface area contributed by atoms with E-state index in [1.54, 1.807) is 48.5 Å². The van der Waals surface area contributed by atoms with Crippen LogP contribution in [0.25, 0.3) is 10.8 Å². The van der Waals surface area contributed by atoms with Crippen molar-refractivity contribution in [2.75, 3.05) is 16.8 Å². The Hall–Kier alpha value is -5.00. The Bertz CT molecular complexity index is 2640. The summed E-state index contributed by atoms with van der Waals surface area (Å²) in [6.45, 7) is 7.20. The van der Waals surface area contributed by atoms with E-state index in [-0.39, 0.29) is 50.9 Å². The summed E-state index contributed by atoms with van der Waals surface area (Å²) in [5.41, 5.74) is 7.01. The predicted octanol–water partition coefficient (Wildman–Crippen LogP) is 6.54. The largest absolute Gasteiger partial charge is 1.00 e. The van der Waals surface area contributed by atoms with E-state index in [1.165, 1.54) is 18.2 Å². The summed E-state index contributed by atoms with van der Waals surface area (Å²) in [6, 6.07) is 31.5. The van der Waals surface area contributed by atoms with Gasteiger partial charge in [0.2, 0.25) is 0 Å². The van der Waals surface area contributed by atoms with Crippen LogP contribution < -0.4 is 44.9 Å². The smallest absolute Gasteiger partial charge is 0.872 e. The van der Waals surface area contributed by atoms with Crippen molar-refractivity contribution in [3.8, 4) is 5.75 Å². The molecule has 6 aromatic carbocycles. The molecule has 16 heteroatoms. The topological polar surface area (TPSA) is 199 Å². The van der Waals surface area contributed by atoms with Crippen molar-refractivity contribution >= 4 is 70.8 Å². The van der Waals surface area contributed by atoms with Crippen LogP contribution in [0.3, 0.4) is 0 Å². The van der Waals surface area contributed by atoms with E-state index in [4.69, 9.17) is 0 Å². The molecule has 0 fully saturated rings. The van der Waals surface area contributed by atoms with Crippen LogP contribution in [0.15, 0.2) is 146 Å². The Morgan fingerprint density at radius 3 is 1.88 bits per heavy atom. The second kappa shape index (κ2) is 17.9. The number of aryl methyl sites for hydroxylation is 2. The second-order valence-electron chi connectivity index (χ2n) is 12.6. The molecule has 0 aliphatic carbocycles. The van der Waals surface area contributed by atoms with Crippen LogP contribution in [-0.4, -0.2) is 32.5 Å². The summed E-state index contributed by atoms with van der Waals surface area (Å²) < 4.78 is 67.1. The standard InChI is InChI=1S/C40H38N6O7S2.Na/c1-4-28-8-6-7-26(3)39(28)41-36-22-11-29-23-35(55(51,52)53)24-37(47)38(29)40(36)45-44-31-14-12-30(13-15-31)42-43-32-16-18-33(19-17-32)46(5-2)25-27-9-20-34(21-10-27)54(48,49)50;/h6-24,41,47H,4-5,25H2,1-3H3,(H,48,49,50)(H,51,52,53);/q;+1/p-2. The quantitative estimate of drug-likeness (QED) is 0.0740. The van der Waals surface area contributed by atoms with Crippen LogP contribution >= 0.6 is 0 Å². The van der Waals surface area contributed by atoms with Crippen molar-refractivity contribution < 1.29 is 60.6 Å². The molecule has 0 bridgehead atoms. The fourth-order valence-corrected chi connectivity index (χ4v) is 6.98. The molecule has 0 aliphatic rings. The maximum absolute atomic E-state index is 13.3. The zero-order valence-corrected chi connectivity index (χ0v) is 34.7. The molecule has 0 aliphatic heterocycles. The second-order valence-corrected chi connectivity index (χ2v) is 15.4. The van der Waals surface area contributed by atoms with Crippen LogP contribution in [0.2, 0.25) is 0 Å². The van der Waals surface area contributed by atoms with Gasteiger partial charge in [-0.05, 0) is 121 Å². The van der Waals surface area contributed by atoms with Gasteiger partial charge in [-0.15, -0.1) is 5.11 Å². The molecule has 0 amide bonds. The number of nitrogens with zero attached hydrogens (tertiary/aromatic N) is 5. The Morgan fingerprint density at radius 1 is 0.732 bits per heavy atom. The summed E-state index contributed by atoms with van der Waals surface area (Å²) in [6.07, 6.45) is 0.755. The van der Waals surface area contributed by atoms with Crippen molar-refractivity contribution in [1.29, 1.82) is 0 Å². The molecule has 13 nitrogen and oxygen atoms in total. The number of anilines is 3. The molecule has 56 heavy (non-hydrogen) atoms. The van der Waals surface area contributed by atoms with Gasteiger partial charge < -0.3 is 19.9 Å². The van der Waals surface area contributed by atoms with Gasteiger partial charge in [0.1, 0.15) is 15.8 Å². The molecule has 0 aromatic heterocycles. The number of hydrogen-bond acceptors (Lipinski definition) is 12. The van der Waals surface area contributed by atoms with Crippen molar-refractivity contribution in [3.63, 3.8) is 0 Å². The summed E-state index contributed by atoms with van der Waals surface area (Å²) in [5, 5.41) is 34.7. The van der Waals surface area contributed by atoms with Gasteiger partial charge in [0, 0.05) is 29.9 Å². The molecular formula is C40H36N6NaO7S2-. The van der Waals surface area contributed by atoms with Gasteiger partial charge in [-0.2, -0.15) is 23.8 Å². The van der Waals surface area contributed by atoms with Crippen molar-refractivity contribution in [2.24, 2.45) is 20.5 Å². The first-order chi connectivity index (χ1) is 26.2. The van der Waals surface area contributed by atoms with E-state index in [9.17, 15) is 31.0 Å². The first-order valence-corrected chi connectivity index (χ1v) is 20.0. The van der Waals surface area contributed by atoms with Gasteiger partial charge in [0.25, 0.3) is 10.1 Å². The van der Waals surface area contributed by atoms with E-state index in [1.807, 2.05) is 63.2 Å². The Morgan fingerprint density at radius 2 is 1.32 bits per heavy atom. The molecule has 0 unspecified atom stereocenters. The third-order valence-electron chi connectivity index (χ3n) is 8.90. The first-order valence-electron chi connectivity index (χ1n) is 17.2. The summed E-state index contributed by atoms with van der Waals surface area (Å²) >= 11 is 0. The van der Waals surface area contributed by atoms with Crippen molar-refractivity contribution in [1.82, 2.24) is 0 Å². The number of rotatable bonds is 13. The molecule has 0 heterocycles. The fourth-order valence-electron chi connectivity index (χ4n) is 5.98. The van der Waals surface area contributed by atoms with Gasteiger partial charge in [-0.3, -0.25) is 4.55 Å². The molecule has 6 aromatic rings. The molecular weight excluding hydrogens is 764 g/mol.